The Morgan fingerprint density at radius 2 is 1.68 bits per heavy atom. The Kier molecular flexibility index (Phi) is 11.0. The number of rotatable bonds is 13. The summed E-state index contributed by atoms with van der Waals surface area (Å²) >= 11 is 0. The second kappa shape index (κ2) is 14.1. The predicted molar refractivity (Wildman–Crippen MR) is 138 cm³/mol. The maximum atomic E-state index is 13.7. The summed E-state index contributed by atoms with van der Waals surface area (Å²) in [6.45, 7) is 2.84. The number of primary amides is 1. The lowest BCUT2D eigenvalue weighted by Gasteiger charge is -2.30. The Morgan fingerprint density at radius 1 is 1.00 bits per heavy atom. The molecule has 2 atom stereocenters. The van der Waals surface area contributed by atoms with E-state index in [1.165, 1.54) is 4.90 Å². The molecule has 5 amide bonds. The number of carboxylic acid groups (broad SMARTS) is 1. The second-order valence-electron chi connectivity index (χ2n) is 8.85. The molecule has 1 unspecified atom stereocenters. The zero-order chi connectivity index (χ0) is 28.2. The van der Waals surface area contributed by atoms with Crippen LogP contribution in [0.5, 0.6) is 0 Å². The number of anilines is 1. The van der Waals surface area contributed by atoms with Crippen molar-refractivity contribution in [3.05, 3.63) is 65.7 Å². The number of nitrogens with two attached hydrogens (primary N) is 1. The maximum absolute atomic E-state index is 13.7. The Morgan fingerprint density at radius 3 is 2.26 bits per heavy atom. The van der Waals surface area contributed by atoms with Crippen molar-refractivity contribution in [2.24, 2.45) is 11.7 Å². The van der Waals surface area contributed by atoms with Gasteiger partial charge in [-0.25, -0.2) is 4.79 Å². The number of carbonyl (C=O) groups excluding carboxylic acids is 5. The van der Waals surface area contributed by atoms with Gasteiger partial charge in [0.1, 0.15) is 12.3 Å². The van der Waals surface area contributed by atoms with E-state index < -0.39 is 54.8 Å². The van der Waals surface area contributed by atoms with Crippen LogP contribution in [0.1, 0.15) is 36.2 Å². The van der Waals surface area contributed by atoms with Crippen molar-refractivity contribution in [2.45, 2.75) is 38.9 Å². The van der Waals surface area contributed by atoms with E-state index in [0.29, 0.717) is 23.1 Å². The van der Waals surface area contributed by atoms with Gasteiger partial charge in [0.2, 0.25) is 11.8 Å². The normalized spacial score (nSPS) is 12.1. The SMILES string of the molecule is CC(C)[C@H](NC(=O)c1ccccc1)C(=O)N(CC(=O)NC(C=O)CC(=O)O)Cc1cccc(NC(N)=O)c1. The lowest BCUT2D eigenvalue weighted by Crippen LogP contribution is -2.53. The molecule has 0 spiro atoms. The van der Waals surface area contributed by atoms with Crippen LogP contribution in [0.25, 0.3) is 0 Å². The summed E-state index contributed by atoms with van der Waals surface area (Å²) in [5.74, 6) is -3.46. The lowest BCUT2D eigenvalue weighted by molar-refractivity contribution is -0.141. The minimum atomic E-state index is -1.28. The first kappa shape index (κ1) is 29.5. The van der Waals surface area contributed by atoms with Crippen LogP contribution in [-0.2, 0) is 25.7 Å². The Balaban J connectivity index is 2.32. The largest absolute Gasteiger partial charge is 0.481 e. The third kappa shape index (κ3) is 9.37. The van der Waals surface area contributed by atoms with Crippen molar-refractivity contribution in [2.75, 3.05) is 11.9 Å². The van der Waals surface area contributed by atoms with Crippen LogP contribution in [-0.4, -0.2) is 64.6 Å². The molecule has 12 heteroatoms. The van der Waals surface area contributed by atoms with Gasteiger partial charge in [-0.3, -0.25) is 19.2 Å². The van der Waals surface area contributed by atoms with Crippen LogP contribution in [0.4, 0.5) is 10.5 Å². The van der Waals surface area contributed by atoms with E-state index in [9.17, 15) is 28.8 Å². The zero-order valence-electron chi connectivity index (χ0n) is 21.0. The molecule has 2 rings (SSSR count). The van der Waals surface area contributed by atoms with Gasteiger partial charge in [0, 0.05) is 17.8 Å². The highest BCUT2D eigenvalue weighted by atomic mass is 16.4. The molecule has 2 aromatic carbocycles. The summed E-state index contributed by atoms with van der Waals surface area (Å²) in [4.78, 5) is 73.8. The standard InChI is InChI=1S/C26H31N5O7/c1-16(2)23(30-24(36)18-8-4-3-5-9-18)25(37)31(14-21(33)28-20(15-32)12-22(34)35)13-17-7-6-10-19(11-17)29-26(27)38/h3-11,15-16,20,23H,12-14H2,1-2H3,(H,28,33)(H,30,36)(H,34,35)(H3,27,29,38)/t20?,23-/m0/s1. The number of aldehydes is 1. The number of hydrogen-bond donors (Lipinski definition) is 5. The first-order valence-corrected chi connectivity index (χ1v) is 11.8. The smallest absolute Gasteiger partial charge is 0.316 e. The van der Waals surface area contributed by atoms with Gasteiger partial charge in [0.25, 0.3) is 5.91 Å². The number of carbonyl (C=O) groups is 6. The summed E-state index contributed by atoms with van der Waals surface area (Å²) in [5.41, 5.74) is 6.42. The molecule has 2 aromatic rings. The summed E-state index contributed by atoms with van der Waals surface area (Å²) in [7, 11) is 0. The number of benzene rings is 2. The minimum Gasteiger partial charge on any atom is -0.481 e. The van der Waals surface area contributed by atoms with Crippen molar-refractivity contribution in [1.29, 1.82) is 0 Å². The molecule has 0 fully saturated rings. The molecule has 0 aliphatic carbocycles. The molecule has 0 aromatic heterocycles. The molecule has 0 aliphatic rings. The molecular formula is C26H31N5O7. The molecule has 0 aliphatic heterocycles. The molecule has 6 N–H and O–H groups in total. The Bertz CT molecular complexity index is 1170. The Labute approximate surface area is 219 Å². The van der Waals surface area contributed by atoms with Crippen molar-refractivity contribution >= 4 is 41.7 Å². The van der Waals surface area contributed by atoms with E-state index in [4.69, 9.17) is 10.8 Å². The fraction of sp³-hybridized carbons (Fsp3) is 0.308. The molecule has 0 saturated heterocycles. The highest BCUT2D eigenvalue weighted by Gasteiger charge is 2.31. The van der Waals surface area contributed by atoms with Crippen LogP contribution in [0.2, 0.25) is 0 Å². The number of nitrogens with one attached hydrogen (secondary N) is 3. The van der Waals surface area contributed by atoms with Crippen molar-refractivity contribution in [3.8, 4) is 0 Å². The van der Waals surface area contributed by atoms with Gasteiger partial charge in [0.15, 0.2) is 0 Å². The van der Waals surface area contributed by atoms with Gasteiger partial charge < -0.3 is 36.5 Å². The number of aliphatic carboxylic acids is 1. The molecular weight excluding hydrogens is 494 g/mol. The van der Waals surface area contributed by atoms with Crippen molar-refractivity contribution in [3.63, 3.8) is 0 Å². The van der Waals surface area contributed by atoms with E-state index >= 15 is 0 Å². The van der Waals surface area contributed by atoms with E-state index in [1.807, 2.05) is 0 Å². The lowest BCUT2D eigenvalue weighted by atomic mass is 10.0. The van der Waals surface area contributed by atoms with Crippen LogP contribution < -0.4 is 21.7 Å². The number of urea groups is 1. The monoisotopic (exact) mass is 525 g/mol. The highest BCUT2D eigenvalue weighted by molar-refractivity contribution is 5.98. The third-order valence-corrected chi connectivity index (χ3v) is 5.37. The summed E-state index contributed by atoms with van der Waals surface area (Å²) in [6, 6.07) is 11.7. The van der Waals surface area contributed by atoms with Crippen molar-refractivity contribution in [1.82, 2.24) is 15.5 Å². The maximum Gasteiger partial charge on any atom is 0.316 e. The van der Waals surface area contributed by atoms with E-state index in [2.05, 4.69) is 16.0 Å². The van der Waals surface area contributed by atoms with E-state index in [1.54, 1.807) is 68.4 Å². The summed E-state index contributed by atoms with van der Waals surface area (Å²) in [5, 5.41) is 16.4. The molecule has 38 heavy (non-hydrogen) atoms. The van der Waals surface area contributed by atoms with Gasteiger partial charge in [0.05, 0.1) is 19.0 Å². The zero-order valence-corrected chi connectivity index (χ0v) is 21.0. The minimum absolute atomic E-state index is 0.102. The van der Waals surface area contributed by atoms with Crippen LogP contribution in [0.3, 0.4) is 0 Å². The van der Waals surface area contributed by atoms with Gasteiger partial charge in [-0.05, 0) is 35.7 Å². The highest BCUT2D eigenvalue weighted by Crippen LogP contribution is 2.16. The van der Waals surface area contributed by atoms with Crippen molar-refractivity contribution < 1.29 is 33.9 Å². The topological polar surface area (TPSA) is 188 Å². The number of amides is 5. The molecule has 0 radical (unpaired) electrons. The molecule has 202 valence electrons. The first-order valence-electron chi connectivity index (χ1n) is 11.8. The van der Waals surface area contributed by atoms with E-state index in [-0.39, 0.29) is 12.5 Å². The van der Waals surface area contributed by atoms with Crippen LogP contribution >= 0.6 is 0 Å². The number of hydrogen-bond acceptors (Lipinski definition) is 6. The fourth-order valence-electron chi connectivity index (χ4n) is 3.59. The number of nitrogens with zero attached hydrogens (tertiary/aromatic N) is 1. The Hall–Kier alpha value is -4.74. The third-order valence-electron chi connectivity index (χ3n) is 5.37. The molecule has 12 nitrogen and oxygen atoms in total. The first-order chi connectivity index (χ1) is 18.0. The molecule has 0 bridgehead atoms. The average Bonchev–Trinajstić information content (AvgIpc) is 2.85. The van der Waals surface area contributed by atoms with Gasteiger partial charge >= 0.3 is 12.0 Å². The average molecular weight is 526 g/mol. The van der Waals surface area contributed by atoms with E-state index in [0.717, 1.165) is 0 Å². The second-order valence-corrected chi connectivity index (χ2v) is 8.85. The van der Waals surface area contributed by atoms with Gasteiger partial charge in [-0.1, -0.05) is 44.2 Å². The van der Waals surface area contributed by atoms with Crippen LogP contribution in [0, 0.1) is 5.92 Å². The molecule has 0 saturated carbocycles. The van der Waals surface area contributed by atoms with Gasteiger partial charge in [-0.2, -0.15) is 0 Å². The summed E-state index contributed by atoms with van der Waals surface area (Å²) < 4.78 is 0. The number of carboxylic acids is 1. The van der Waals surface area contributed by atoms with Gasteiger partial charge in [-0.15, -0.1) is 0 Å². The van der Waals surface area contributed by atoms with Crippen LogP contribution in [0.15, 0.2) is 54.6 Å². The predicted octanol–water partition coefficient (Wildman–Crippen LogP) is 1.12. The molecule has 0 heterocycles. The summed E-state index contributed by atoms with van der Waals surface area (Å²) in [6.07, 6.45) is -0.320. The quantitative estimate of drug-likeness (QED) is 0.242. The fourth-order valence-corrected chi connectivity index (χ4v) is 3.59.